The second-order valence-electron chi connectivity index (χ2n) is 4.05. The number of hydrogen-bond acceptors (Lipinski definition) is 3. The zero-order valence-electron chi connectivity index (χ0n) is 10.4. The van der Waals surface area contributed by atoms with Gasteiger partial charge in [-0.3, -0.25) is 0 Å². The van der Waals surface area contributed by atoms with E-state index in [4.69, 9.17) is 23.2 Å². The third-order valence-corrected chi connectivity index (χ3v) is 4.13. The molecule has 2 nitrogen and oxygen atoms in total. The standard InChI is InChI=1S/C13H11Cl2F2NOS/c1-7(10-6-11(14)20-12(10)15)18-8-2-4-9(5-3-8)19-13(16)17/h2-7,13,18H,1H3. The molecule has 0 aliphatic carbocycles. The van der Waals surface area contributed by atoms with Gasteiger partial charge in [-0.2, -0.15) is 8.78 Å². The van der Waals surface area contributed by atoms with E-state index in [0.717, 1.165) is 11.3 Å². The van der Waals surface area contributed by atoms with Crippen molar-refractivity contribution in [1.29, 1.82) is 0 Å². The summed E-state index contributed by atoms with van der Waals surface area (Å²) in [6, 6.07) is 8.03. The highest BCUT2D eigenvalue weighted by molar-refractivity contribution is 7.20. The molecule has 0 saturated heterocycles. The Morgan fingerprint density at radius 1 is 1.20 bits per heavy atom. The van der Waals surface area contributed by atoms with E-state index in [1.807, 2.05) is 6.92 Å². The molecule has 1 N–H and O–H groups in total. The number of rotatable bonds is 5. The van der Waals surface area contributed by atoms with Crippen molar-refractivity contribution in [3.05, 3.63) is 44.6 Å². The average molecular weight is 338 g/mol. The number of anilines is 1. The first-order valence-electron chi connectivity index (χ1n) is 5.72. The van der Waals surface area contributed by atoms with Gasteiger partial charge in [0, 0.05) is 11.3 Å². The zero-order valence-corrected chi connectivity index (χ0v) is 12.7. The number of ether oxygens (including phenoxy) is 1. The van der Waals surface area contributed by atoms with Crippen molar-refractivity contribution >= 4 is 40.2 Å². The van der Waals surface area contributed by atoms with Crippen LogP contribution in [-0.2, 0) is 0 Å². The van der Waals surface area contributed by atoms with Gasteiger partial charge >= 0.3 is 6.61 Å². The van der Waals surface area contributed by atoms with Crippen molar-refractivity contribution in [3.8, 4) is 5.75 Å². The molecule has 1 aromatic carbocycles. The van der Waals surface area contributed by atoms with Crippen LogP contribution in [0, 0.1) is 0 Å². The summed E-state index contributed by atoms with van der Waals surface area (Å²) < 4.78 is 29.6. The molecule has 0 aliphatic heterocycles. The maximum atomic E-state index is 12.0. The lowest BCUT2D eigenvalue weighted by atomic mass is 10.1. The van der Waals surface area contributed by atoms with Crippen LogP contribution in [0.4, 0.5) is 14.5 Å². The molecule has 1 aromatic heterocycles. The van der Waals surface area contributed by atoms with Crippen molar-refractivity contribution in [3.63, 3.8) is 0 Å². The van der Waals surface area contributed by atoms with E-state index in [2.05, 4.69) is 10.1 Å². The molecule has 7 heteroatoms. The van der Waals surface area contributed by atoms with Gasteiger partial charge in [0.15, 0.2) is 0 Å². The first-order valence-corrected chi connectivity index (χ1v) is 7.29. The van der Waals surface area contributed by atoms with Crippen LogP contribution in [0.15, 0.2) is 30.3 Å². The molecule has 0 amide bonds. The van der Waals surface area contributed by atoms with Gasteiger partial charge in [0.1, 0.15) is 5.75 Å². The number of hydrogen-bond donors (Lipinski definition) is 1. The molecule has 0 saturated carbocycles. The maximum Gasteiger partial charge on any atom is 0.387 e. The van der Waals surface area contributed by atoms with Crippen molar-refractivity contribution in [2.24, 2.45) is 0 Å². The number of alkyl halides is 2. The topological polar surface area (TPSA) is 21.3 Å². The quantitative estimate of drug-likeness (QED) is 0.741. The SMILES string of the molecule is CC(Nc1ccc(OC(F)F)cc1)c1cc(Cl)sc1Cl. The van der Waals surface area contributed by atoms with Gasteiger partial charge in [-0.25, -0.2) is 0 Å². The van der Waals surface area contributed by atoms with Crippen LogP contribution in [0.2, 0.25) is 8.67 Å². The molecule has 0 fully saturated rings. The summed E-state index contributed by atoms with van der Waals surface area (Å²) in [6.07, 6.45) is 0. The fourth-order valence-electron chi connectivity index (χ4n) is 1.71. The van der Waals surface area contributed by atoms with E-state index in [1.54, 1.807) is 18.2 Å². The summed E-state index contributed by atoms with van der Waals surface area (Å²) in [4.78, 5) is 0. The molecule has 1 heterocycles. The normalized spacial score (nSPS) is 12.5. The van der Waals surface area contributed by atoms with Gasteiger partial charge in [0.05, 0.1) is 14.7 Å². The Bertz CT molecular complexity index is 574. The Hall–Kier alpha value is -1.04. The molecule has 0 radical (unpaired) electrons. The Labute approximate surface area is 129 Å². The van der Waals surface area contributed by atoms with Crippen LogP contribution in [0.5, 0.6) is 5.75 Å². The molecule has 0 bridgehead atoms. The molecular formula is C13H11Cl2F2NOS. The van der Waals surface area contributed by atoms with Crippen molar-refractivity contribution in [2.75, 3.05) is 5.32 Å². The number of halogens is 4. The fraction of sp³-hybridized carbons (Fsp3) is 0.231. The van der Waals surface area contributed by atoms with Crippen LogP contribution in [-0.4, -0.2) is 6.61 Å². The fourth-order valence-corrected chi connectivity index (χ4v) is 3.35. The molecule has 1 unspecified atom stereocenters. The third-order valence-electron chi connectivity index (χ3n) is 2.61. The second-order valence-corrected chi connectivity index (χ2v) is 6.33. The van der Waals surface area contributed by atoms with Gasteiger partial charge in [-0.05, 0) is 37.3 Å². The summed E-state index contributed by atoms with van der Waals surface area (Å²) in [7, 11) is 0. The van der Waals surface area contributed by atoms with Crippen molar-refractivity contribution < 1.29 is 13.5 Å². The van der Waals surface area contributed by atoms with Gasteiger partial charge in [0.2, 0.25) is 0 Å². The van der Waals surface area contributed by atoms with E-state index in [1.165, 1.54) is 23.5 Å². The zero-order chi connectivity index (χ0) is 14.7. The second kappa shape index (κ2) is 6.61. The van der Waals surface area contributed by atoms with Crippen LogP contribution in [0.3, 0.4) is 0 Å². The molecular weight excluding hydrogens is 327 g/mol. The minimum absolute atomic E-state index is 0.0480. The highest BCUT2D eigenvalue weighted by Crippen LogP contribution is 2.36. The monoisotopic (exact) mass is 337 g/mol. The predicted molar refractivity (Wildman–Crippen MR) is 79.5 cm³/mol. The average Bonchev–Trinajstić information content (AvgIpc) is 2.70. The van der Waals surface area contributed by atoms with Crippen LogP contribution in [0.1, 0.15) is 18.5 Å². The summed E-state index contributed by atoms with van der Waals surface area (Å²) >= 11 is 13.3. The highest BCUT2D eigenvalue weighted by atomic mass is 35.5. The Kier molecular flexibility index (Phi) is 5.07. The lowest BCUT2D eigenvalue weighted by Gasteiger charge is -2.15. The van der Waals surface area contributed by atoms with Crippen LogP contribution >= 0.6 is 34.5 Å². The number of nitrogens with one attached hydrogen (secondary N) is 1. The van der Waals surface area contributed by atoms with Gasteiger partial charge in [-0.1, -0.05) is 23.2 Å². The van der Waals surface area contributed by atoms with Gasteiger partial charge < -0.3 is 10.1 Å². The maximum absolute atomic E-state index is 12.0. The van der Waals surface area contributed by atoms with Crippen LogP contribution in [0.25, 0.3) is 0 Å². The highest BCUT2D eigenvalue weighted by Gasteiger charge is 2.13. The summed E-state index contributed by atoms with van der Waals surface area (Å²) in [5.41, 5.74) is 1.67. The molecule has 2 aromatic rings. The smallest absolute Gasteiger partial charge is 0.387 e. The number of benzene rings is 1. The first-order chi connectivity index (χ1) is 9.45. The minimum Gasteiger partial charge on any atom is -0.435 e. The molecule has 108 valence electrons. The molecule has 0 aliphatic rings. The largest absolute Gasteiger partial charge is 0.435 e. The molecule has 2 rings (SSSR count). The Balaban J connectivity index is 2.04. The minimum atomic E-state index is -2.82. The van der Waals surface area contributed by atoms with Crippen molar-refractivity contribution in [2.45, 2.75) is 19.6 Å². The number of thiophene rings is 1. The lowest BCUT2D eigenvalue weighted by Crippen LogP contribution is -2.06. The van der Waals surface area contributed by atoms with Crippen molar-refractivity contribution in [1.82, 2.24) is 0 Å². The van der Waals surface area contributed by atoms with E-state index >= 15 is 0 Å². The molecule has 20 heavy (non-hydrogen) atoms. The van der Waals surface area contributed by atoms with E-state index in [9.17, 15) is 8.78 Å². The third kappa shape index (κ3) is 3.98. The Morgan fingerprint density at radius 2 is 1.85 bits per heavy atom. The molecule has 1 atom stereocenters. The van der Waals surface area contributed by atoms with Crippen LogP contribution < -0.4 is 10.1 Å². The summed E-state index contributed by atoms with van der Waals surface area (Å²) in [5.74, 6) is 0.120. The van der Waals surface area contributed by atoms with Gasteiger partial charge in [-0.15, -0.1) is 11.3 Å². The predicted octanol–water partition coefficient (Wildman–Crippen LogP) is 5.83. The van der Waals surface area contributed by atoms with Gasteiger partial charge in [0.25, 0.3) is 0 Å². The lowest BCUT2D eigenvalue weighted by molar-refractivity contribution is -0.0498. The summed E-state index contributed by atoms with van der Waals surface area (Å²) in [5, 5.41) is 3.21. The van der Waals surface area contributed by atoms with E-state index in [0.29, 0.717) is 8.67 Å². The molecule has 0 spiro atoms. The Morgan fingerprint density at radius 3 is 2.35 bits per heavy atom. The summed E-state index contributed by atoms with van der Waals surface area (Å²) in [6.45, 7) is -0.882. The van der Waals surface area contributed by atoms with E-state index < -0.39 is 6.61 Å². The first kappa shape index (κ1) is 15.4. The van der Waals surface area contributed by atoms with E-state index in [-0.39, 0.29) is 11.8 Å².